The zero-order chi connectivity index (χ0) is 17.0. The van der Waals surface area contributed by atoms with Crippen molar-refractivity contribution in [3.63, 3.8) is 0 Å². The van der Waals surface area contributed by atoms with Gasteiger partial charge in [-0.15, -0.1) is 0 Å². The van der Waals surface area contributed by atoms with Gasteiger partial charge in [-0.25, -0.2) is 9.97 Å². The molecule has 1 aromatic rings. The maximum atomic E-state index is 12.9. The molecule has 6 nitrogen and oxygen atoms in total. The van der Waals surface area contributed by atoms with Gasteiger partial charge in [-0.2, -0.15) is 13.2 Å². The molecule has 1 aliphatic heterocycles. The van der Waals surface area contributed by atoms with Crippen molar-refractivity contribution in [1.29, 1.82) is 0 Å². The molecule has 1 saturated heterocycles. The average Bonchev–Trinajstić information content (AvgIpc) is 2.87. The average molecular weight is 350 g/mol. The first-order chi connectivity index (χ1) is 10.8. The van der Waals surface area contributed by atoms with E-state index in [0.29, 0.717) is 32.1 Å². The van der Waals surface area contributed by atoms with Gasteiger partial charge in [-0.05, 0) is 12.8 Å². The van der Waals surface area contributed by atoms with Gasteiger partial charge in [0.05, 0.1) is 10.8 Å². The Morgan fingerprint density at radius 2 is 2.17 bits per heavy atom. The SMILES string of the molecule is CS(=O)c1ncc(C(F)(F)F)c(NCCCN2CCCC2=O)n1. The third-order valence-electron chi connectivity index (χ3n) is 3.40. The Kier molecular flexibility index (Phi) is 5.55. The molecule has 23 heavy (non-hydrogen) atoms. The first-order valence-corrected chi connectivity index (χ1v) is 8.64. The van der Waals surface area contributed by atoms with Crippen molar-refractivity contribution in [2.75, 3.05) is 31.2 Å². The summed E-state index contributed by atoms with van der Waals surface area (Å²) in [5.41, 5.74) is -0.996. The third kappa shape index (κ3) is 4.63. The second kappa shape index (κ2) is 7.24. The van der Waals surface area contributed by atoms with Crippen LogP contribution < -0.4 is 5.32 Å². The molecule has 10 heteroatoms. The number of nitrogens with zero attached hydrogens (tertiary/aromatic N) is 3. The normalized spacial score (nSPS) is 16.7. The summed E-state index contributed by atoms with van der Waals surface area (Å²) in [6.45, 7) is 1.41. The van der Waals surface area contributed by atoms with Gasteiger partial charge >= 0.3 is 6.18 Å². The minimum absolute atomic E-state index is 0.0756. The molecule has 1 N–H and O–H groups in total. The van der Waals surface area contributed by atoms with Crippen LogP contribution in [0.4, 0.5) is 19.0 Å². The molecule has 128 valence electrons. The molecule has 0 aliphatic carbocycles. The molecule has 0 aromatic carbocycles. The zero-order valence-electron chi connectivity index (χ0n) is 12.5. The Morgan fingerprint density at radius 1 is 1.43 bits per heavy atom. The summed E-state index contributed by atoms with van der Waals surface area (Å²) in [6.07, 6.45) is -0.814. The highest BCUT2D eigenvalue weighted by molar-refractivity contribution is 7.84. The molecule has 2 heterocycles. The van der Waals surface area contributed by atoms with Crippen LogP contribution >= 0.6 is 0 Å². The van der Waals surface area contributed by atoms with E-state index in [2.05, 4.69) is 15.3 Å². The summed E-state index contributed by atoms with van der Waals surface area (Å²) in [5.74, 6) is -0.308. The van der Waals surface area contributed by atoms with Gasteiger partial charge in [0.2, 0.25) is 11.1 Å². The van der Waals surface area contributed by atoms with E-state index in [1.165, 1.54) is 6.26 Å². The molecule has 0 saturated carbocycles. The number of rotatable bonds is 6. The van der Waals surface area contributed by atoms with Crippen LogP contribution in [0, 0.1) is 0 Å². The van der Waals surface area contributed by atoms with E-state index in [1.807, 2.05) is 0 Å². The van der Waals surface area contributed by atoms with Crippen LogP contribution in [0.2, 0.25) is 0 Å². The Labute approximate surface area is 133 Å². The molecule has 0 radical (unpaired) electrons. The van der Waals surface area contributed by atoms with E-state index in [0.717, 1.165) is 6.42 Å². The van der Waals surface area contributed by atoms with E-state index < -0.39 is 22.5 Å². The van der Waals surface area contributed by atoms with E-state index >= 15 is 0 Å². The van der Waals surface area contributed by atoms with Crippen LogP contribution in [-0.2, 0) is 21.8 Å². The Hall–Kier alpha value is -1.71. The van der Waals surface area contributed by atoms with Gasteiger partial charge in [0, 0.05) is 38.5 Å². The van der Waals surface area contributed by atoms with Crippen LogP contribution in [0.1, 0.15) is 24.8 Å². The molecular weight excluding hydrogens is 333 g/mol. The molecule has 0 bridgehead atoms. The largest absolute Gasteiger partial charge is 0.421 e. The lowest BCUT2D eigenvalue weighted by molar-refractivity contribution is -0.137. The minimum Gasteiger partial charge on any atom is -0.369 e. The zero-order valence-corrected chi connectivity index (χ0v) is 13.3. The van der Waals surface area contributed by atoms with Crippen molar-refractivity contribution < 1.29 is 22.2 Å². The lowest BCUT2D eigenvalue weighted by Crippen LogP contribution is -2.27. The predicted octanol–water partition coefficient (Wildman–Crippen LogP) is 1.66. The standard InChI is InChI=1S/C13H17F3N4O2S/c1-23(22)12-18-8-9(13(14,15)16)11(19-12)17-5-3-7-20-6-2-4-10(20)21/h8H,2-7H2,1H3,(H,17,18,19). The number of hydrogen-bond donors (Lipinski definition) is 1. The highest BCUT2D eigenvalue weighted by atomic mass is 32.2. The van der Waals surface area contributed by atoms with E-state index in [9.17, 15) is 22.2 Å². The van der Waals surface area contributed by atoms with Crippen molar-refractivity contribution in [2.24, 2.45) is 0 Å². The van der Waals surface area contributed by atoms with Crippen LogP contribution in [0.3, 0.4) is 0 Å². The number of nitrogens with one attached hydrogen (secondary N) is 1. The predicted molar refractivity (Wildman–Crippen MR) is 78.3 cm³/mol. The smallest absolute Gasteiger partial charge is 0.369 e. The van der Waals surface area contributed by atoms with Crippen LogP contribution in [-0.4, -0.2) is 50.9 Å². The van der Waals surface area contributed by atoms with Gasteiger partial charge in [-0.3, -0.25) is 9.00 Å². The molecule has 0 spiro atoms. The van der Waals surface area contributed by atoms with E-state index in [1.54, 1.807) is 4.90 Å². The van der Waals surface area contributed by atoms with Crippen LogP contribution in [0.5, 0.6) is 0 Å². The second-order valence-electron chi connectivity index (χ2n) is 5.13. The highest BCUT2D eigenvalue weighted by Crippen LogP contribution is 2.33. The summed E-state index contributed by atoms with van der Waals surface area (Å²) in [5, 5.41) is 2.45. The fraction of sp³-hybridized carbons (Fsp3) is 0.615. The highest BCUT2D eigenvalue weighted by Gasteiger charge is 2.35. The maximum Gasteiger partial charge on any atom is 0.421 e. The number of hydrogen-bond acceptors (Lipinski definition) is 5. The van der Waals surface area contributed by atoms with Crippen molar-refractivity contribution in [2.45, 2.75) is 30.6 Å². The van der Waals surface area contributed by atoms with Gasteiger partial charge in [-0.1, -0.05) is 0 Å². The van der Waals surface area contributed by atoms with Crippen molar-refractivity contribution in [3.05, 3.63) is 11.8 Å². The van der Waals surface area contributed by atoms with Crippen LogP contribution in [0.25, 0.3) is 0 Å². The Balaban J connectivity index is 2.00. The van der Waals surface area contributed by atoms with E-state index in [4.69, 9.17) is 0 Å². The summed E-state index contributed by atoms with van der Waals surface area (Å²) in [6, 6.07) is 0. The molecule has 1 atom stereocenters. The summed E-state index contributed by atoms with van der Waals surface area (Å²) in [4.78, 5) is 20.3. The van der Waals surface area contributed by atoms with Gasteiger partial charge < -0.3 is 10.2 Å². The number of halogens is 3. The minimum atomic E-state index is -4.60. The van der Waals surface area contributed by atoms with Crippen molar-refractivity contribution in [1.82, 2.24) is 14.9 Å². The van der Waals surface area contributed by atoms with Crippen molar-refractivity contribution in [3.8, 4) is 0 Å². The summed E-state index contributed by atoms with van der Waals surface area (Å²) < 4.78 is 50.1. The van der Waals surface area contributed by atoms with Crippen molar-refractivity contribution >= 4 is 22.5 Å². The third-order valence-corrected chi connectivity index (χ3v) is 4.11. The number of alkyl halides is 3. The molecule has 1 unspecified atom stereocenters. The fourth-order valence-corrected chi connectivity index (χ4v) is 2.68. The maximum absolute atomic E-state index is 12.9. The first-order valence-electron chi connectivity index (χ1n) is 7.08. The quantitative estimate of drug-likeness (QED) is 0.624. The number of amides is 1. The fourth-order valence-electron chi connectivity index (χ4n) is 2.26. The lowest BCUT2D eigenvalue weighted by atomic mass is 10.3. The molecule has 1 fully saturated rings. The molecular formula is C13H17F3N4O2S. The van der Waals surface area contributed by atoms with Gasteiger partial charge in [0.25, 0.3) is 0 Å². The van der Waals surface area contributed by atoms with E-state index in [-0.39, 0.29) is 23.4 Å². The number of anilines is 1. The second-order valence-corrected chi connectivity index (χ2v) is 6.40. The van der Waals surface area contributed by atoms with Gasteiger partial charge in [0.15, 0.2) is 0 Å². The Morgan fingerprint density at radius 3 is 2.74 bits per heavy atom. The molecule has 1 aliphatic rings. The number of carbonyl (C=O) groups excluding carboxylic acids is 1. The topological polar surface area (TPSA) is 75.2 Å². The number of carbonyl (C=O) groups is 1. The summed E-state index contributed by atoms with van der Waals surface area (Å²) >= 11 is 0. The van der Waals surface area contributed by atoms with Crippen LogP contribution in [0.15, 0.2) is 11.4 Å². The lowest BCUT2D eigenvalue weighted by Gasteiger charge is -2.17. The Bertz CT molecular complexity index is 609. The first kappa shape index (κ1) is 17.6. The van der Waals surface area contributed by atoms with Gasteiger partial charge in [0.1, 0.15) is 11.4 Å². The summed E-state index contributed by atoms with van der Waals surface area (Å²) in [7, 11) is -1.57. The number of likely N-dealkylation sites (tertiary alicyclic amines) is 1. The monoisotopic (exact) mass is 350 g/mol. The molecule has 2 rings (SSSR count). The molecule has 1 amide bonds. The molecule has 1 aromatic heterocycles. The number of aromatic nitrogens is 2.